The van der Waals surface area contributed by atoms with Gasteiger partial charge in [0.2, 0.25) is 5.91 Å². The van der Waals surface area contributed by atoms with Crippen LogP contribution in [0.15, 0.2) is 102 Å². The van der Waals surface area contributed by atoms with E-state index in [2.05, 4.69) is 15.6 Å². The van der Waals surface area contributed by atoms with Crippen LogP contribution in [-0.4, -0.2) is 35.0 Å². The van der Waals surface area contributed by atoms with Crippen molar-refractivity contribution in [1.82, 2.24) is 8.96 Å². The highest BCUT2D eigenvalue weighted by atomic mass is 32.2. The fourth-order valence-electron chi connectivity index (χ4n) is 3.58. The molecule has 0 bridgehead atoms. The van der Waals surface area contributed by atoms with Gasteiger partial charge in [-0.2, -0.15) is 0 Å². The second-order valence-corrected chi connectivity index (χ2v) is 11.4. The van der Waals surface area contributed by atoms with Gasteiger partial charge in [0.15, 0.2) is 0 Å². The summed E-state index contributed by atoms with van der Waals surface area (Å²) in [6, 6.07) is 18.6. The summed E-state index contributed by atoms with van der Waals surface area (Å²) in [6.45, 7) is 5.26. The van der Waals surface area contributed by atoms with Gasteiger partial charge in [-0.05, 0) is 79.9 Å². The van der Waals surface area contributed by atoms with Gasteiger partial charge in [-0.1, -0.05) is 30.3 Å². The third-order valence-electron chi connectivity index (χ3n) is 5.36. The van der Waals surface area contributed by atoms with Crippen LogP contribution < -0.4 is 10.6 Å². The fourth-order valence-corrected chi connectivity index (χ4v) is 4.78. The highest BCUT2D eigenvalue weighted by Crippen LogP contribution is 2.24. The number of benzene rings is 2. The lowest BCUT2D eigenvalue weighted by atomic mass is 10.1. The van der Waals surface area contributed by atoms with Gasteiger partial charge in [-0.3, -0.25) is 15.1 Å². The van der Waals surface area contributed by atoms with Gasteiger partial charge in [0.1, 0.15) is 5.60 Å². The standard InChI is InChI=1S/C29H28N4O5S/c1-29(2,3)38-28(35)32-26-9-5-4-8-25(26)31-27(34)15-10-21-16-18-33(20-21)39(36,37)24-13-11-22(12-14-24)23-7-6-17-30-19-23/h4-20H,1-3H3,(H,31,34)(H,32,35)/b15-10+. The summed E-state index contributed by atoms with van der Waals surface area (Å²) in [4.78, 5) is 28.9. The fraction of sp³-hybridized carbons (Fsp3) is 0.138. The minimum atomic E-state index is -3.82. The van der Waals surface area contributed by atoms with Crippen LogP contribution in [-0.2, 0) is 19.6 Å². The summed E-state index contributed by atoms with van der Waals surface area (Å²) in [5.74, 6) is -0.463. The van der Waals surface area contributed by atoms with Crippen molar-refractivity contribution in [1.29, 1.82) is 0 Å². The molecule has 2 amide bonds. The quantitative estimate of drug-likeness (QED) is 0.285. The molecule has 2 N–H and O–H groups in total. The molecule has 0 fully saturated rings. The number of pyridine rings is 1. The van der Waals surface area contributed by atoms with E-state index in [4.69, 9.17) is 4.74 Å². The van der Waals surface area contributed by atoms with Crippen molar-refractivity contribution in [2.45, 2.75) is 31.3 Å². The molecule has 2 aromatic heterocycles. The van der Waals surface area contributed by atoms with E-state index in [1.165, 1.54) is 24.5 Å². The SMILES string of the molecule is CC(C)(C)OC(=O)Nc1ccccc1NC(=O)/C=C/c1ccn(S(=O)(=O)c2ccc(-c3cccnc3)cc2)c1. The predicted molar refractivity (Wildman–Crippen MR) is 151 cm³/mol. The zero-order valence-electron chi connectivity index (χ0n) is 21.7. The average molecular weight is 545 g/mol. The number of nitrogens with one attached hydrogen (secondary N) is 2. The van der Waals surface area contributed by atoms with Crippen molar-refractivity contribution < 1.29 is 22.7 Å². The molecule has 2 aromatic carbocycles. The Hall–Kier alpha value is -4.70. The second-order valence-electron chi connectivity index (χ2n) is 9.54. The van der Waals surface area contributed by atoms with Gasteiger partial charge in [0, 0.05) is 30.9 Å². The maximum atomic E-state index is 13.1. The Bertz CT molecular complexity index is 1600. The molecule has 2 heterocycles. The molecular weight excluding hydrogens is 516 g/mol. The van der Waals surface area contributed by atoms with Gasteiger partial charge in [-0.15, -0.1) is 0 Å². The van der Waals surface area contributed by atoms with Crippen molar-refractivity contribution in [2.75, 3.05) is 10.6 Å². The van der Waals surface area contributed by atoms with Crippen molar-refractivity contribution >= 4 is 39.5 Å². The first-order valence-electron chi connectivity index (χ1n) is 12.0. The molecule has 0 radical (unpaired) electrons. The maximum Gasteiger partial charge on any atom is 0.412 e. The number of nitrogens with zero attached hydrogens (tertiary/aromatic N) is 2. The molecule has 4 aromatic rings. The number of carbonyl (C=O) groups is 2. The number of para-hydroxylation sites is 2. The Morgan fingerprint density at radius 2 is 1.59 bits per heavy atom. The Morgan fingerprint density at radius 3 is 2.23 bits per heavy atom. The molecule has 0 saturated heterocycles. The number of anilines is 2. The van der Waals surface area contributed by atoms with Gasteiger partial charge in [-0.25, -0.2) is 17.2 Å². The van der Waals surface area contributed by atoms with Crippen molar-refractivity contribution in [3.63, 3.8) is 0 Å². The van der Waals surface area contributed by atoms with E-state index < -0.39 is 27.6 Å². The van der Waals surface area contributed by atoms with Crippen LogP contribution in [0.2, 0.25) is 0 Å². The number of hydrogen-bond donors (Lipinski definition) is 2. The zero-order chi connectivity index (χ0) is 28.0. The molecule has 0 spiro atoms. The highest BCUT2D eigenvalue weighted by molar-refractivity contribution is 7.90. The van der Waals surface area contributed by atoms with Crippen LogP contribution in [0.4, 0.5) is 16.2 Å². The highest BCUT2D eigenvalue weighted by Gasteiger charge is 2.18. The van der Waals surface area contributed by atoms with Crippen LogP contribution in [0, 0.1) is 0 Å². The Morgan fingerprint density at radius 1 is 0.897 bits per heavy atom. The van der Waals surface area contributed by atoms with Crippen LogP contribution in [0.3, 0.4) is 0 Å². The summed E-state index contributed by atoms with van der Waals surface area (Å²) < 4.78 is 32.5. The van der Waals surface area contributed by atoms with Crippen LogP contribution in [0.25, 0.3) is 17.2 Å². The third-order valence-corrected chi connectivity index (χ3v) is 7.01. The van der Waals surface area contributed by atoms with E-state index in [0.717, 1.165) is 15.1 Å². The second kappa shape index (κ2) is 11.4. The van der Waals surface area contributed by atoms with Gasteiger partial charge < -0.3 is 10.1 Å². The molecule has 0 atom stereocenters. The smallest absolute Gasteiger partial charge is 0.412 e. The van der Waals surface area contributed by atoms with E-state index in [0.29, 0.717) is 16.9 Å². The molecule has 0 aliphatic carbocycles. The summed E-state index contributed by atoms with van der Waals surface area (Å²) in [6.07, 6.45) is 8.35. The summed E-state index contributed by atoms with van der Waals surface area (Å²) in [5.41, 5.74) is 2.34. The van der Waals surface area contributed by atoms with Crippen molar-refractivity contribution in [3.8, 4) is 11.1 Å². The van der Waals surface area contributed by atoms with Crippen LogP contribution in [0.5, 0.6) is 0 Å². The molecule has 0 aliphatic heterocycles. The largest absolute Gasteiger partial charge is 0.444 e. The Balaban J connectivity index is 1.42. The van der Waals surface area contributed by atoms with E-state index in [1.54, 1.807) is 87.8 Å². The van der Waals surface area contributed by atoms with Crippen LogP contribution in [0.1, 0.15) is 26.3 Å². The lowest BCUT2D eigenvalue weighted by Crippen LogP contribution is -2.27. The molecule has 0 aliphatic rings. The number of aromatic nitrogens is 2. The molecule has 0 unspecified atom stereocenters. The summed E-state index contributed by atoms with van der Waals surface area (Å²) in [7, 11) is -3.82. The molecule has 39 heavy (non-hydrogen) atoms. The number of hydrogen-bond acceptors (Lipinski definition) is 6. The van der Waals surface area contributed by atoms with E-state index in [9.17, 15) is 18.0 Å². The van der Waals surface area contributed by atoms with Gasteiger partial charge >= 0.3 is 6.09 Å². The normalized spacial score (nSPS) is 11.8. The molecule has 0 saturated carbocycles. The lowest BCUT2D eigenvalue weighted by Gasteiger charge is -2.20. The number of amides is 2. The zero-order valence-corrected chi connectivity index (χ0v) is 22.5. The van der Waals surface area contributed by atoms with Crippen molar-refractivity contribution in [2.24, 2.45) is 0 Å². The number of ether oxygens (including phenoxy) is 1. The van der Waals surface area contributed by atoms with E-state index in [1.807, 2.05) is 12.1 Å². The molecule has 9 nitrogen and oxygen atoms in total. The molecule has 200 valence electrons. The Kier molecular flexibility index (Phi) is 7.96. The number of carbonyl (C=O) groups excluding carboxylic acids is 2. The third kappa shape index (κ3) is 7.20. The molecule has 4 rings (SSSR count). The average Bonchev–Trinajstić information content (AvgIpc) is 3.38. The first-order chi connectivity index (χ1) is 18.5. The van der Waals surface area contributed by atoms with Gasteiger partial charge in [0.25, 0.3) is 10.0 Å². The van der Waals surface area contributed by atoms with Crippen molar-refractivity contribution in [3.05, 3.63) is 103 Å². The summed E-state index contributed by atoms with van der Waals surface area (Å²) in [5, 5.41) is 5.33. The molecular formula is C29H28N4O5S. The van der Waals surface area contributed by atoms with Gasteiger partial charge in [0.05, 0.1) is 16.3 Å². The van der Waals surface area contributed by atoms with Crippen LogP contribution >= 0.6 is 0 Å². The summed E-state index contributed by atoms with van der Waals surface area (Å²) >= 11 is 0. The minimum Gasteiger partial charge on any atom is -0.444 e. The maximum absolute atomic E-state index is 13.1. The molecule has 10 heteroatoms. The minimum absolute atomic E-state index is 0.133. The predicted octanol–water partition coefficient (Wildman–Crippen LogP) is 5.79. The Labute approximate surface area is 227 Å². The monoisotopic (exact) mass is 544 g/mol. The number of rotatable bonds is 7. The van der Waals surface area contributed by atoms with E-state index >= 15 is 0 Å². The lowest BCUT2D eigenvalue weighted by molar-refractivity contribution is -0.111. The first-order valence-corrected chi connectivity index (χ1v) is 13.5. The topological polar surface area (TPSA) is 119 Å². The first kappa shape index (κ1) is 27.3. The van der Waals surface area contributed by atoms with E-state index in [-0.39, 0.29) is 4.90 Å².